The van der Waals surface area contributed by atoms with Crippen LogP contribution in [-0.4, -0.2) is 42.3 Å². The van der Waals surface area contributed by atoms with Crippen LogP contribution in [0.4, 0.5) is 5.82 Å². The largest absolute Gasteiger partial charge is 0.477 e. The molecule has 1 saturated heterocycles. The van der Waals surface area contributed by atoms with Crippen LogP contribution in [0.15, 0.2) is 12.1 Å². The van der Waals surface area contributed by atoms with Gasteiger partial charge in [-0.25, -0.2) is 0 Å². The van der Waals surface area contributed by atoms with E-state index in [-0.39, 0.29) is 11.3 Å². The van der Waals surface area contributed by atoms with E-state index in [0.717, 1.165) is 38.3 Å². The van der Waals surface area contributed by atoms with Crippen molar-refractivity contribution in [3.8, 4) is 5.88 Å². The van der Waals surface area contributed by atoms with Crippen LogP contribution in [0.25, 0.3) is 0 Å². The molecule has 128 valence electrons. The Hall–Kier alpha value is -1.85. The summed E-state index contributed by atoms with van der Waals surface area (Å²) in [6.45, 7) is 10.9. The molecule has 0 aromatic carbocycles. The lowest BCUT2D eigenvalue weighted by molar-refractivity contribution is -0.128. The molecule has 23 heavy (non-hydrogen) atoms. The maximum absolute atomic E-state index is 12.0. The average molecular weight is 320 g/mol. The molecule has 1 amide bonds. The van der Waals surface area contributed by atoms with Crippen LogP contribution in [0, 0.1) is 11.3 Å². The third kappa shape index (κ3) is 5.08. The van der Waals surface area contributed by atoms with Gasteiger partial charge in [-0.3, -0.25) is 4.79 Å². The molecule has 2 heterocycles. The molecule has 2 rings (SSSR count). The third-order valence-corrected chi connectivity index (χ3v) is 3.99. The maximum atomic E-state index is 12.0. The van der Waals surface area contributed by atoms with E-state index in [1.54, 1.807) is 0 Å². The van der Waals surface area contributed by atoms with E-state index in [1.807, 2.05) is 39.8 Å². The molecular formula is C17H28N4O2. The molecule has 0 aliphatic carbocycles. The fraction of sp³-hybridized carbons (Fsp3) is 0.706. The van der Waals surface area contributed by atoms with E-state index < -0.39 is 0 Å². The third-order valence-electron chi connectivity index (χ3n) is 3.99. The van der Waals surface area contributed by atoms with Crippen molar-refractivity contribution in [1.29, 1.82) is 0 Å². The number of piperidine rings is 1. The van der Waals surface area contributed by atoms with E-state index in [2.05, 4.69) is 20.4 Å². The van der Waals surface area contributed by atoms with Gasteiger partial charge in [-0.15, -0.1) is 10.2 Å². The number of hydrogen-bond donors (Lipinski definition) is 1. The summed E-state index contributed by atoms with van der Waals surface area (Å²) in [4.78, 5) is 14.2. The molecule has 1 atom stereocenters. The lowest BCUT2D eigenvalue weighted by Crippen LogP contribution is -2.43. The maximum Gasteiger partial charge on any atom is 0.233 e. The zero-order valence-corrected chi connectivity index (χ0v) is 14.6. The minimum atomic E-state index is -0.338. The topological polar surface area (TPSA) is 67.3 Å². The number of anilines is 1. The molecule has 1 aromatic rings. The number of hydrogen-bond acceptors (Lipinski definition) is 5. The number of carbonyl (C=O) groups excluding carboxylic acids is 1. The van der Waals surface area contributed by atoms with Crippen LogP contribution in [0.1, 0.15) is 40.5 Å². The van der Waals surface area contributed by atoms with Crippen molar-refractivity contribution in [2.24, 2.45) is 11.3 Å². The number of carbonyl (C=O) groups is 1. The molecule has 1 aliphatic heterocycles. The smallest absolute Gasteiger partial charge is 0.233 e. The molecule has 0 spiro atoms. The Labute approximate surface area is 138 Å². The molecule has 1 N–H and O–H groups in total. The zero-order chi connectivity index (χ0) is 16.9. The molecule has 6 nitrogen and oxygen atoms in total. The fourth-order valence-corrected chi connectivity index (χ4v) is 2.65. The summed E-state index contributed by atoms with van der Waals surface area (Å²) in [6, 6.07) is 3.81. The first kappa shape index (κ1) is 17.5. The number of amides is 1. The number of aromatic nitrogens is 2. The Morgan fingerprint density at radius 2 is 2.17 bits per heavy atom. The fourth-order valence-electron chi connectivity index (χ4n) is 2.65. The van der Waals surface area contributed by atoms with Crippen LogP contribution in [-0.2, 0) is 4.79 Å². The first-order valence-electron chi connectivity index (χ1n) is 8.40. The Morgan fingerprint density at radius 1 is 1.39 bits per heavy atom. The minimum absolute atomic E-state index is 0.107. The second-order valence-electron chi connectivity index (χ2n) is 7.08. The molecule has 1 fully saturated rings. The van der Waals surface area contributed by atoms with Gasteiger partial charge in [-0.05, 0) is 31.7 Å². The second-order valence-corrected chi connectivity index (χ2v) is 7.08. The lowest BCUT2D eigenvalue weighted by atomic mass is 9.94. The summed E-state index contributed by atoms with van der Waals surface area (Å²) in [5, 5.41) is 11.4. The Kier molecular flexibility index (Phi) is 5.80. The highest BCUT2D eigenvalue weighted by atomic mass is 16.5. The van der Waals surface area contributed by atoms with Gasteiger partial charge in [-0.1, -0.05) is 20.8 Å². The summed E-state index contributed by atoms with van der Waals surface area (Å²) in [7, 11) is 0. The molecule has 6 heteroatoms. The van der Waals surface area contributed by atoms with Crippen molar-refractivity contribution in [2.75, 3.05) is 31.1 Å². The quantitative estimate of drug-likeness (QED) is 0.901. The van der Waals surface area contributed by atoms with Crippen molar-refractivity contribution >= 4 is 11.7 Å². The lowest BCUT2D eigenvalue weighted by Gasteiger charge is -2.33. The van der Waals surface area contributed by atoms with Gasteiger partial charge in [0.25, 0.3) is 0 Å². The highest BCUT2D eigenvalue weighted by Crippen LogP contribution is 2.22. The monoisotopic (exact) mass is 320 g/mol. The molecule has 0 unspecified atom stereocenters. The number of ether oxygens (including phenoxy) is 1. The first-order chi connectivity index (χ1) is 10.9. The van der Waals surface area contributed by atoms with Gasteiger partial charge in [0.2, 0.25) is 11.8 Å². The number of nitrogens with one attached hydrogen (secondary N) is 1. The highest BCUT2D eigenvalue weighted by Gasteiger charge is 2.25. The van der Waals surface area contributed by atoms with Crippen LogP contribution in [0.3, 0.4) is 0 Å². The van der Waals surface area contributed by atoms with Gasteiger partial charge in [0.1, 0.15) is 0 Å². The van der Waals surface area contributed by atoms with Gasteiger partial charge >= 0.3 is 0 Å². The Balaban J connectivity index is 1.89. The van der Waals surface area contributed by atoms with Crippen molar-refractivity contribution in [1.82, 2.24) is 15.5 Å². The van der Waals surface area contributed by atoms with Gasteiger partial charge in [0, 0.05) is 31.1 Å². The van der Waals surface area contributed by atoms with E-state index in [1.165, 1.54) is 0 Å². The van der Waals surface area contributed by atoms with Crippen molar-refractivity contribution in [3.63, 3.8) is 0 Å². The summed E-state index contributed by atoms with van der Waals surface area (Å²) < 4.78 is 5.33. The first-order valence-corrected chi connectivity index (χ1v) is 8.40. The molecular weight excluding hydrogens is 292 g/mol. The number of nitrogens with zero attached hydrogens (tertiary/aromatic N) is 3. The molecule has 1 aromatic heterocycles. The second kappa shape index (κ2) is 7.62. The summed E-state index contributed by atoms with van der Waals surface area (Å²) in [5.41, 5.74) is -0.338. The van der Waals surface area contributed by atoms with E-state index in [0.29, 0.717) is 18.4 Å². The van der Waals surface area contributed by atoms with Crippen LogP contribution >= 0.6 is 0 Å². The summed E-state index contributed by atoms with van der Waals surface area (Å²) >= 11 is 0. The highest BCUT2D eigenvalue weighted by molar-refractivity contribution is 5.81. The van der Waals surface area contributed by atoms with Crippen LogP contribution in [0.5, 0.6) is 5.88 Å². The Morgan fingerprint density at radius 3 is 2.78 bits per heavy atom. The zero-order valence-electron chi connectivity index (χ0n) is 14.6. The molecule has 0 bridgehead atoms. The van der Waals surface area contributed by atoms with E-state index >= 15 is 0 Å². The van der Waals surface area contributed by atoms with Gasteiger partial charge < -0.3 is 15.0 Å². The van der Waals surface area contributed by atoms with Crippen LogP contribution < -0.4 is 15.0 Å². The van der Waals surface area contributed by atoms with Crippen molar-refractivity contribution in [3.05, 3.63) is 12.1 Å². The molecule has 0 radical (unpaired) electrons. The summed E-state index contributed by atoms with van der Waals surface area (Å²) in [5.74, 6) is 1.99. The Bertz CT molecular complexity index is 510. The standard InChI is InChI=1S/C17H28N4O2/c1-5-23-15-9-8-14(19-20-15)21-10-6-7-13(12-21)11-18-16(22)17(2,3)4/h8-9,13H,5-7,10-12H2,1-4H3,(H,18,22)/t13-/m1/s1. The molecule has 0 saturated carbocycles. The van der Waals surface area contributed by atoms with Gasteiger partial charge in [-0.2, -0.15) is 0 Å². The number of rotatable bonds is 5. The van der Waals surface area contributed by atoms with Crippen LogP contribution in [0.2, 0.25) is 0 Å². The normalized spacial score (nSPS) is 18.6. The van der Waals surface area contributed by atoms with Gasteiger partial charge in [0.15, 0.2) is 5.82 Å². The molecule has 1 aliphatic rings. The average Bonchev–Trinajstić information content (AvgIpc) is 2.53. The summed E-state index contributed by atoms with van der Waals surface area (Å²) in [6.07, 6.45) is 2.23. The van der Waals surface area contributed by atoms with Crippen molar-refractivity contribution in [2.45, 2.75) is 40.5 Å². The van der Waals surface area contributed by atoms with Crippen molar-refractivity contribution < 1.29 is 9.53 Å². The SMILES string of the molecule is CCOc1ccc(N2CCC[C@H](CNC(=O)C(C)(C)C)C2)nn1. The minimum Gasteiger partial charge on any atom is -0.477 e. The van der Waals surface area contributed by atoms with E-state index in [4.69, 9.17) is 4.74 Å². The predicted molar refractivity (Wildman–Crippen MR) is 90.6 cm³/mol. The van der Waals surface area contributed by atoms with Gasteiger partial charge in [0.05, 0.1) is 6.61 Å². The van der Waals surface area contributed by atoms with E-state index in [9.17, 15) is 4.79 Å². The predicted octanol–water partition coefficient (Wildman–Crippen LogP) is 2.25.